The SMILES string of the molecule is CON(C)C(=O)c1ccc2c3c(C(N)=O)cc(-c4c(C)noc4C)cc3n(Cc3ccccc3)c2c1. The second kappa shape index (κ2) is 8.98. The first-order valence-corrected chi connectivity index (χ1v) is 11.5. The highest BCUT2D eigenvalue weighted by Gasteiger charge is 2.22. The van der Waals surface area contributed by atoms with Gasteiger partial charge in [-0.05, 0) is 49.2 Å². The minimum atomic E-state index is -0.536. The lowest BCUT2D eigenvalue weighted by molar-refractivity contribution is -0.0756. The van der Waals surface area contributed by atoms with Crippen LogP contribution in [0.4, 0.5) is 0 Å². The van der Waals surface area contributed by atoms with E-state index in [0.29, 0.717) is 23.4 Å². The molecule has 0 unspecified atom stereocenters. The number of aromatic nitrogens is 2. The Balaban J connectivity index is 1.87. The molecule has 5 rings (SSSR count). The first-order chi connectivity index (χ1) is 17.3. The van der Waals surface area contributed by atoms with Crippen LogP contribution < -0.4 is 5.73 Å². The van der Waals surface area contributed by atoms with Gasteiger partial charge < -0.3 is 14.8 Å². The fourth-order valence-corrected chi connectivity index (χ4v) is 4.79. The highest BCUT2D eigenvalue weighted by molar-refractivity contribution is 6.19. The van der Waals surface area contributed by atoms with E-state index in [0.717, 1.165) is 44.2 Å². The number of rotatable bonds is 6. The number of amides is 2. The number of carbonyl (C=O) groups is 2. The zero-order valence-corrected chi connectivity index (χ0v) is 20.5. The molecule has 8 nitrogen and oxygen atoms in total. The summed E-state index contributed by atoms with van der Waals surface area (Å²) in [5.41, 5.74) is 11.8. The van der Waals surface area contributed by atoms with E-state index in [1.807, 2.05) is 62.4 Å². The van der Waals surface area contributed by atoms with E-state index >= 15 is 0 Å². The van der Waals surface area contributed by atoms with Crippen molar-refractivity contribution in [3.8, 4) is 11.1 Å². The summed E-state index contributed by atoms with van der Waals surface area (Å²) in [4.78, 5) is 30.7. The molecular weight excluding hydrogens is 456 g/mol. The van der Waals surface area contributed by atoms with E-state index in [1.165, 1.54) is 12.2 Å². The first-order valence-electron chi connectivity index (χ1n) is 11.5. The average Bonchev–Trinajstić information content (AvgIpc) is 3.38. The third-order valence-electron chi connectivity index (χ3n) is 6.54. The smallest absolute Gasteiger partial charge is 0.277 e. The second-order valence-corrected chi connectivity index (χ2v) is 8.77. The Bertz CT molecular complexity index is 1610. The number of hydrogen-bond donors (Lipinski definition) is 1. The molecule has 5 aromatic rings. The summed E-state index contributed by atoms with van der Waals surface area (Å²) in [6.07, 6.45) is 0. The van der Waals surface area contributed by atoms with Gasteiger partial charge in [-0.15, -0.1) is 0 Å². The summed E-state index contributed by atoms with van der Waals surface area (Å²) in [5, 5.41) is 6.83. The molecule has 8 heteroatoms. The largest absolute Gasteiger partial charge is 0.366 e. The molecule has 0 spiro atoms. The third-order valence-corrected chi connectivity index (χ3v) is 6.54. The van der Waals surface area contributed by atoms with Crippen LogP contribution in [0.3, 0.4) is 0 Å². The quantitative estimate of drug-likeness (QED) is 0.349. The number of hydroxylamine groups is 2. The van der Waals surface area contributed by atoms with E-state index in [4.69, 9.17) is 15.1 Å². The van der Waals surface area contributed by atoms with Crippen LogP contribution in [0.25, 0.3) is 32.9 Å². The van der Waals surface area contributed by atoms with Gasteiger partial charge in [0.05, 0.1) is 23.8 Å². The molecule has 2 aromatic heterocycles. The Morgan fingerprint density at radius 1 is 1.06 bits per heavy atom. The van der Waals surface area contributed by atoms with Crippen LogP contribution >= 0.6 is 0 Å². The van der Waals surface area contributed by atoms with Gasteiger partial charge in [0, 0.05) is 41.1 Å². The van der Waals surface area contributed by atoms with Gasteiger partial charge in [0.15, 0.2) is 0 Å². The number of nitrogens with zero attached hydrogens (tertiary/aromatic N) is 3. The molecule has 2 heterocycles. The first kappa shape index (κ1) is 23.3. The van der Waals surface area contributed by atoms with Crippen LogP contribution in [0.15, 0.2) is 65.2 Å². The molecule has 0 bridgehead atoms. The monoisotopic (exact) mass is 482 g/mol. The van der Waals surface area contributed by atoms with Crippen LogP contribution in [0, 0.1) is 13.8 Å². The number of nitrogens with two attached hydrogens (primary N) is 1. The Hall–Kier alpha value is -4.43. The van der Waals surface area contributed by atoms with Crippen molar-refractivity contribution in [3.05, 3.63) is 88.8 Å². The van der Waals surface area contributed by atoms with Crippen LogP contribution in [0.2, 0.25) is 0 Å². The van der Waals surface area contributed by atoms with E-state index in [-0.39, 0.29) is 5.91 Å². The molecule has 0 radical (unpaired) electrons. The van der Waals surface area contributed by atoms with E-state index in [2.05, 4.69) is 9.72 Å². The van der Waals surface area contributed by atoms with Crippen molar-refractivity contribution >= 4 is 33.6 Å². The van der Waals surface area contributed by atoms with Crippen molar-refractivity contribution in [2.45, 2.75) is 20.4 Å². The molecular formula is C28H26N4O4. The molecule has 182 valence electrons. The lowest BCUT2D eigenvalue weighted by atomic mass is 9.97. The molecule has 0 aliphatic rings. The number of primary amides is 1. The fraction of sp³-hybridized carbons (Fsp3) is 0.179. The highest BCUT2D eigenvalue weighted by atomic mass is 16.7. The number of carbonyl (C=O) groups excluding carboxylic acids is 2. The maximum Gasteiger partial charge on any atom is 0.277 e. The predicted octanol–water partition coefficient (Wildman–Crippen LogP) is 4.85. The van der Waals surface area contributed by atoms with Crippen LogP contribution in [0.1, 0.15) is 37.7 Å². The Kier molecular flexibility index (Phi) is 5.81. The zero-order chi connectivity index (χ0) is 25.6. The van der Waals surface area contributed by atoms with Crippen LogP contribution in [0.5, 0.6) is 0 Å². The van der Waals surface area contributed by atoms with Gasteiger partial charge in [-0.25, -0.2) is 5.06 Å². The second-order valence-electron chi connectivity index (χ2n) is 8.77. The summed E-state index contributed by atoms with van der Waals surface area (Å²) in [7, 11) is 3.01. The van der Waals surface area contributed by atoms with Gasteiger partial charge in [0.2, 0.25) is 5.91 Å². The van der Waals surface area contributed by atoms with Crippen molar-refractivity contribution in [3.63, 3.8) is 0 Å². The molecule has 0 aliphatic carbocycles. The van der Waals surface area contributed by atoms with E-state index in [9.17, 15) is 9.59 Å². The van der Waals surface area contributed by atoms with Gasteiger partial charge in [0.25, 0.3) is 5.91 Å². The standard InChI is InChI=1S/C28H26N4O4/c1-16-25(17(2)36-30-16)20-12-22(27(29)33)26-21-11-10-19(28(34)31(3)35-4)13-23(21)32(24(26)14-20)15-18-8-6-5-7-9-18/h5-14H,15H2,1-4H3,(H2,29,33). The molecule has 0 saturated carbocycles. The third kappa shape index (κ3) is 3.81. The Morgan fingerprint density at radius 3 is 2.44 bits per heavy atom. The summed E-state index contributed by atoms with van der Waals surface area (Å²) >= 11 is 0. The minimum absolute atomic E-state index is 0.276. The maximum atomic E-state index is 12.9. The number of hydrogen-bond acceptors (Lipinski definition) is 5. The van der Waals surface area contributed by atoms with Gasteiger partial charge in [-0.1, -0.05) is 41.6 Å². The molecule has 0 atom stereocenters. The zero-order valence-electron chi connectivity index (χ0n) is 20.5. The summed E-state index contributed by atoms with van der Waals surface area (Å²) in [6, 6.07) is 19.3. The Labute approximate surface area is 207 Å². The van der Waals surface area contributed by atoms with Gasteiger partial charge in [-0.2, -0.15) is 0 Å². The molecule has 0 saturated heterocycles. The lowest BCUT2D eigenvalue weighted by Gasteiger charge is -2.14. The molecule has 36 heavy (non-hydrogen) atoms. The molecule has 0 aliphatic heterocycles. The van der Waals surface area contributed by atoms with Crippen molar-refractivity contribution < 1.29 is 18.9 Å². The van der Waals surface area contributed by atoms with Gasteiger partial charge >= 0.3 is 0 Å². The molecule has 3 aromatic carbocycles. The number of aryl methyl sites for hydroxylation is 2. The Morgan fingerprint density at radius 2 is 1.81 bits per heavy atom. The van der Waals surface area contributed by atoms with Crippen molar-refractivity contribution in [2.24, 2.45) is 5.73 Å². The topological polar surface area (TPSA) is 104 Å². The van der Waals surface area contributed by atoms with Crippen molar-refractivity contribution in [1.29, 1.82) is 0 Å². The summed E-state index contributed by atoms with van der Waals surface area (Å²) in [5.74, 6) is -0.155. The van der Waals surface area contributed by atoms with Crippen LogP contribution in [-0.4, -0.2) is 40.8 Å². The van der Waals surface area contributed by atoms with E-state index < -0.39 is 5.91 Å². The molecule has 0 fully saturated rings. The predicted molar refractivity (Wildman–Crippen MR) is 138 cm³/mol. The summed E-state index contributed by atoms with van der Waals surface area (Å²) in [6.45, 7) is 4.23. The number of fused-ring (bicyclic) bond motifs is 3. The summed E-state index contributed by atoms with van der Waals surface area (Å²) < 4.78 is 7.50. The molecule has 2 amide bonds. The lowest BCUT2D eigenvalue weighted by Crippen LogP contribution is -2.25. The van der Waals surface area contributed by atoms with Crippen molar-refractivity contribution in [1.82, 2.24) is 14.8 Å². The fourth-order valence-electron chi connectivity index (χ4n) is 4.79. The average molecular weight is 483 g/mol. The van der Waals surface area contributed by atoms with Gasteiger partial charge in [-0.3, -0.25) is 14.4 Å². The highest BCUT2D eigenvalue weighted by Crippen LogP contribution is 2.38. The van der Waals surface area contributed by atoms with Gasteiger partial charge in [0.1, 0.15) is 5.76 Å². The van der Waals surface area contributed by atoms with Crippen molar-refractivity contribution in [2.75, 3.05) is 14.2 Å². The number of benzene rings is 3. The normalized spacial score (nSPS) is 11.3. The molecule has 2 N–H and O–H groups in total. The maximum absolute atomic E-state index is 12.9. The van der Waals surface area contributed by atoms with E-state index in [1.54, 1.807) is 19.2 Å². The van der Waals surface area contributed by atoms with Crippen LogP contribution in [-0.2, 0) is 11.4 Å². The minimum Gasteiger partial charge on any atom is -0.366 e.